The minimum Gasteiger partial charge on any atom is -0.395 e. The number of aliphatic hydroxyl groups excluding tert-OH is 1. The zero-order chi connectivity index (χ0) is 13.0. The first-order chi connectivity index (χ1) is 8.70. The summed E-state index contributed by atoms with van der Waals surface area (Å²) in [5.74, 6) is 1.44. The van der Waals surface area contributed by atoms with E-state index in [1.807, 2.05) is 17.0 Å². The molecule has 1 amide bonds. The second-order valence-corrected chi connectivity index (χ2v) is 7.03. The van der Waals surface area contributed by atoms with Gasteiger partial charge >= 0.3 is 0 Å². The minimum atomic E-state index is 0.0490. The molecule has 0 aliphatic heterocycles. The molecule has 0 bridgehead atoms. The smallest absolute Gasteiger partial charge is 0.232 e. The molecule has 1 aliphatic rings. The summed E-state index contributed by atoms with van der Waals surface area (Å²) in [5, 5.41) is 8.95. The highest BCUT2D eigenvalue weighted by Crippen LogP contribution is 2.28. The van der Waals surface area contributed by atoms with E-state index in [9.17, 15) is 4.79 Å². The lowest BCUT2D eigenvalue weighted by Gasteiger charge is -2.20. The van der Waals surface area contributed by atoms with Gasteiger partial charge in [-0.05, 0) is 25.0 Å². The topological polar surface area (TPSA) is 40.5 Å². The number of amides is 1. The zero-order valence-electron chi connectivity index (χ0n) is 9.97. The highest BCUT2D eigenvalue weighted by molar-refractivity contribution is 7.99. The van der Waals surface area contributed by atoms with Crippen molar-refractivity contribution in [3.8, 4) is 0 Å². The van der Waals surface area contributed by atoms with Crippen LogP contribution in [0.2, 0.25) is 4.34 Å². The van der Waals surface area contributed by atoms with Crippen molar-refractivity contribution in [2.45, 2.75) is 24.6 Å². The van der Waals surface area contributed by atoms with Gasteiger partial charge in [0, 0.05) is 23.2 Å². The molecule has 1 aromatic heterocycles. The minimum absolute atomic E-state index is 0.0490. The number of nitrogens with zero attached hydrogens (tertiary/aromatic N) is 1. The lowest BCUT2D eigenvalue weighted by molar-refractivity contribution is -0.129. The van der Waals surface area contributed by atoms with E-state index in [1.165, 1.54) is 4.88 Å². The van der Waals surface area contributed by atoms with Crippen LogP contribution in [0.5, 0.6) is 0 Å². The molecule has 6 heteroatoms. The van der Waals surface area contributed by atoms with Crippen molar-refractivity contribution in [1.82, 2.24) is 4.90 Å². The number of aliphatic hydroxyl groups is 1. The monoisotopic (exact) mass is 305 g/mol. The number of thiophene rings is 1. The molecule has 1 saturated carbocycles. The molecule has 1 N–H and O–H groups in total. The number of hydrogen-bond donors (Lipinski definition) is 1. The van der Waals surface area contributed by atoms with Gasteiger partial charge in [-0.2, -0.15) is 0 Å². The quantitative estimate of drug-likeness (QED) is 0.842. The van der Waals surface area contributed by atoms with E-state index in [0.717, 1.165) is 22.9 Å². The summed E-state index contributed by atoms with van der Waals surface area (Å²) >= 11 is 9.01. The Morgan fingerprint density at radius 2 is 2.33 bits per heavy atom. The van der Waals surface area contributed by atoms with Crippen LogP contribution in [0.15, 0.2) is 12.1 Å². The zero-order valence-corrected chi connectivity index (χ0v) is 12.4. The molecule has 18 heavy (non-hydrogen) atoms. The molecule has 0 spiro atoms. The first-order valence-corrected chi connectivity index (χ1v) is 8.28. The number of carbonyl (C=O) groups excluding carboxylic acids is 1. The van der Waals surface area contributed by atoms with E-state index < -0.39 is 0 Å². The van der Waals surface area contributed by atoms with Crippen LogP contribution in [-0.4, -0.2) is 40.9 Å². The van der Waals surface area contributed by atoms with Gasteiger partial charge < -0.3 is 10.0 Å². The van der Waals surface area contributed by atoms with E-state index in [4.69, 9.17) is 16.7 Å². The SMILES string of the molecule is O=C(CSCc1ccc(Cl)s1)N(CCO)C1CC1. The maximum absolute atomic E-state index is 12.0. The molecule has 100 valence electrons. The summed E-state index contributed by atoms with van der Waals surface area (Å²) in [7, 11) is 0. The summed E-state index contributed by atoms with van der Waals surface area (Å²) < 4.78 is 0.789. The van der Waals surface area contributed by atoms with Gasteiger partial charge in [-0.25, -0.2) is 0 Å². The van der Waals surface area contributed by atoms with Crippen LogP contribution in [0.25, 0.3) is 0 Å². The van der Waals surface area contributed by atoms with Gasteiger partial charge in [-0.1, -0.05) is 11.6 Å². The Hall–Kier alpha value is -0.230. The number of halogens is 1. The number of thioether (sulfide) groups is 1. The number of carbonyl (C=O) groups is 1. The summed E-state index contributed by atoms with van der Waals surface area (Å²) in [5.41, 5.74) is 0. The van der Waals surface area contributed by atoms with Gasteiger partial charge in [-0.3, -0.25) is 4.79 Å². The van der Waals surface area contributed by atoms with Crippen molar-refractivity contribution >= 4 is 40.6 Å². The lowest BCUT2D eigenvalue weighted by atomic mass is 10.4. The van der Waals surface area contributed by atoms with Crippen LogP contribution in [-0.2, 0) is 10.5 Å². The van der Waals surface area contributed by atoms with Crippen LogP contribution >= 0.6 is 34.7 Å². The number of hydrogen-bond acceptors (Lipinski definition) is 4. The Bertz CT molecular complexity index is 407. The third-order valence-electron chi connectivity index (χ3n) is 2.75. The normalized spacial score (nSPS) is 14.8. The summed E-state index contributed by atoms with van der Waals surface area (Å²) in [6, 6.07) is 4.25. The van der Waals surface area contributed by atoms with Gasteiger partial charge in [0.1, 0.15) is 0 Å². The predicted molar refractivity (Wildman–Crippen MR) is 77.3 cm³/mol. The summed E-state index contributed by atoms with van der Waals surface area (Å²) in [4.78, 5) is 15.0. The predicted octanol–water partition coefficient (Wildman–Crippen LogP) is 2.62. The molecule has 2 rings (SSSR count). The molecule has 0 radical (unpaired) electrons. The van der Waals surface area contributed by atoms with Crippen molar-refractivity contribution in [3.05, 3.63) is 21.3 Å². The van der Waals surface area contributed by atoms with E-state index in [2.05, 4.69) is 0 Å². The molecule has 0 atom stereocenters. The molecule has 1 aromatic rings. The van der Waals surface area contributed by atoms with Crippen molar-refractivity contribution in [3.63, 3.8) is 0 Å². The Morgan fingerprint density at radius 1 is 1.56 bits per heavy atom. The van der Waals surface area contributed by atoms with Gasteiger partial charge in [0.15, 0.2) is 0 Å². The highest BCUT2D eigenvalue weighted by Gasteiger charge is 2.31. The van der Waals surface area contributed by atoms with Gasteiger partial charge in [0.05, 0.1) is 16.7 Å². The van der Waals surface area contributed by atoms with Crippen LogP contribution in [0.1, 0.15) is 17.7 Å². The first-order valence-electron chi connectivity index (χ1n) is 5.93. The van der Waals surface area contributed by atoms with E-state index >= 15 is 0 Å². The van der Waals surface area contributed by atoms with Crippen LogP contribution in [0.4, 0.5) is 0 Å². The maximum Gasteiger partial charge on any atom is 0.232 e. The Labute approximate surface area is 120 Å². The van der Waals surface area contributed by atoms with Crippen molar-refractivity contribution in [1.29, 1.82) is 0 Å². The summed E-state index contributed by atoms with van der Waals surface area (Å²) in [6.07, 6.45) is 2.16. The maximum atomic E-state index is 12.0. The van der Waals surface area contributed by atoms with E-state index in [-0.39, 0.29) is 12.5 Å². The van der Waals surface area contributed by atoms with Crippen molar-refractivity contribution < 1.29 is 9.90 Å². The molecule has 1 aliphatic carbocycles. The second kappa shape index (κ2) is 6.80. The Balaban J connectivity index is 1.73. The molecule has 1 fully saturated rings. The molecule has 0 saturated heterocycles. The van der Waals surface area contributed by atoms with E-state index in [0.29, 0.717) is 18.3 Å². The molecule has 3 nitrogen and oxygen atoms in total. The van der Waals surface area contributed by atoms with Crippen LogP contribution in [0, 0.1) is 0 Å². The van der Waals surface area contributed by atoms with Crippen LogP contribution < -0.4 is 0 Å². The number of rotatable bonds is 7. The van der Waals surface area contributed by atoms with Crippen molar-refractivity contribution in [2.75, 3.05) is 18.9 Å². The first kappa shape index (κ1) is 14.2. The average molecular weight is 306 g/mol. The molecular formula is C12H16ClNO2S2. The fraction of sp³-hybridized carbons (Fsp3) is 0.583. The molecular weight excluding hydrogens is 290 g/mol. The molecule has 1 heterocycles. The Kier molecular flexibility index (Phi) is 5.36. The van der Waals surface area contributed by atoms with Crippen molar-refractivity contribution in [2.24, 2.45) is 0 Å². The van der Waals surface area contributed by atoms with Gasteiger partial charge in [0.25, 0.3) is 0 Å². The molecule has 0 aromatic carbocycles. The highest BCUT2D eigenvalue weighted by atomic mass is 35.5. The third-order valence-corrected chi connectivity index (χ3v) is 5.13. The molecule has 0 unspecified atom stereocenters. The standard InChI is InChI=1S/C12H16ClNO2S2/c13-11-4-3-10(18-11)7-17-8-12(16)14(5-6-15)9-1-2-9/h3-4,9,15H,1-2,5-8H2. The van der Waals surface area contributed by atoms with Crippen LogP contribution in [0.3, 0.4) is 0 Å². The summed E-state index contributed by atoms with van der Waals surface area (Å²) in [6.45, 7) is 0.516. The van der Waals surface area contributed by atoms with Gasteiger partial charge in [0.2, 0.25) is 5.91 Å². The second-order valence-electron chi connectivity index (χ2n) is 4.24. The fourth-order valence-corrected chi connectivity index (χ4v) is 3.86. The van der Waals surface area contributed by atoms with Gasteiger partial charge in [-0.15, -0.1) is 23.1 Å². The Morgan fingerprint density at radius 3 is 2.89 bits per heavy atom. The third kappa shape index (κ3) is 4.16. The fourth-order valence-electron chi connectivity index (χ4n) is 1.76. The van der Waals surface area contributed by atoms with E-state index in [1.54, 1.807) is 23.1 Å². The average Bonchev–Trinajstić information content (AvgIpc) is 3.10. The lowest BCUT2D eigenvalue weighted by Crippen LogP contribution is -2.36. The largest absolute Gasteiger partial charge is 0.395 e.